The Balaban J connectivity index is 1.60. The summed E-state index contributed by atoms with van der Waals surface area (Å²) >= 11 is 11.9. The summed E-state index contributed by atoms with van der Waals surface area (Å²) in [5.41, 5.74) is 3.33. The van der Waals surface area contributed by atoms with Gasteiger partial charge in [0.2, 0.25) is 0 Å². The van der Waals surface area contributed by atoms with Crippen LogP contribution in [0.5, 0.6) is 0 Å². The first kappa shape index (κ1) is 24.5. The molecule has 2 aliphatic heterocycles. The van der Waals surface area contributed by atoms with E-state index in [2.05, 4.69) is 35.6 Å². The van der Waals surface area contributed by atoms with Gasteiger partial charge in [0.1, 0.15) is 6.04 Å². The van der Waals surface area contributed by atoms with E-state index in [1.54, 1.807) is 11.8 Å². The van der Waals surface area contributed by atoms with Crippen molar-refractivity contribution < 1.29 is 9.90 Å². The lowest BCUT2D eigenvalue weighted by Crippen LogP contribution is -2.22. The number of carboxylic acid groups (broad SMARTS) is 1. The maximum absolute atomic E-state index is 11.5. The van der Waals surface area contributed by atoms with Crippen molar-refractivity contribution in [1.29, 1.82) is 0 Å². The highest BCUT2D eigenvalue weighted by molar-refractivity contribution is 9.10. The van der Waals surface area contributed by atoms with Gasteiger partial charge >= 0.3 is 5.97 Å². The summed E-state index contributed by atoms with van der Waals surface area (Å²) in [6, 6.07) is 13.2. The van der Waals surface area contributed by atoms with E-state index in [4.69, 9.17) is 16.6 Å². The van der Waals surface area contributed by atoms with Crippen molar-refractivity contribution in [2.75, 3.05) is 25.4 Å². The predicted octanol–water partition coefficient (Wildman–Crippen LogP) is 5.63. The zero-order valence-corrected chi connectivity index (χ0v) is 22.2. The number of carbonyl (C=O) groups is 1. The topological polar surface area (TPSA) is 83.6 Å². The summed E-state index contributed by atoms with van der Waals surface area (Å²) in [5, 5.41) is 19.8. The van der Waals surface area contributed by atoms with Gasteiger partial charge in [-0.1, -0.05) is 57.5 Å². The fourth-order valence-corrected chi connectivity index (χ4v) is 6.12. The summed E-state index contributed by atoms with van der Waals surface area (Å²) in [4.78, 5) is 19.0. The molecule has 3 aromatic rings. The van der Waals surface area contributed by atoms with E-state index in [9.17, 15) is 9.90 Å². The molecular weight excluding hydrogens is 550 g/mol. The first-order valence-corrected chi connectivity index (χ1v) is 13.8. The number of carboxylic acids is 1. The summed E-state index contributed by atoms with van der Waals surface area (Å²) in [5.74, 6) is 0.693. The first-order chi connectivity index (χ1) is 17.0. The van der Waals surface area contributed by atoms with Crippen molar-refractivity contribution >= 4 is 51.0 Å². The predicted molar refractivity (Wildman–Crippen MR) is 142 cm³/mol. The molecule has 3 heterocycles. The monoisotopic (exact) mass is 573 g/mol. The summed E-state index contributed by atoms with van der Waals surface area (Å²) < 4.78 is 2.97. The molecule has 1 fully saturated rings. The number of rotatable bonds is 8. The lowest BCUT2D eigenvalue weighted by atomic mass is 10.00. The van der Waals surface area contributed by atoms with Crippen molar-refractivity contribution in [1.82, 2.24) is 19.7 Å². The van der Waals surface area contributed by atoms with Crippen molar-refractivity contribution in [3.63, 3.8) is 0 Å². The fraction of sp³-hybridized carbons (Fsp3) is 0.360. The van der Waals surface area contributed by atoms with Gasteiger partial charge in [-0.25, -0.2) is 0 Å². The molecule has 1 saturated heterocycles. The summed E-state index contributed by atoms with van der Waals surface area (Å²) in [7, 11) is 0. The maximum atomic E-state index is 11.5. The minimum absolute atomic E-state index is 0.0195. The van der Waals surface area contributed by atoms with Crippen LogP contribution in [-0.4, -0.2) is 61.8 Å². The number of aliphatic carboxylic acids is 1. The van der Waals surface area contributed by atoms with E-state index in [1.165, 1.54) is 12.8 Å². The Morgan fingerprint density at radius 1 is 1.14 bits per heavy atom. The highest BCUT2D eigenvalue weighted by atomic mass is 79.9. The van der Waals surface area contributed by atoms with Crippen LogP contribution in [0.2, 0.25) is 5.02 Å². The minimum atomic E-state index is -0.865. The van der Waals surface area contributed by atoms with E-state index < -0.39 is 12.0 Å². The van der Waals surface area contributed by atoms with Gasteiger partial charge in [0.25, 0.3) is 0 Å². The molecule has 1 aromatic heterocycles. The van der Waals surface area contributed by atoms with Gasteiger partial charge in [-0.05, 0) is 56.6 Å². The SMILES string of the molecule is O=C(O)CC[C@@H]1N=C(c2ccccc2Cl)c2cc(Br)ccc2-n2c(SCCN3CCCC3)nnc21. The lowest BCUT2D eigenvalue weighted by Gasteiger charge is -2.16. The Kier molecular flexibility index (Phi) is 7.57. The van der Waals surface area contributed by atoms with Crippen molar-refractivity contribution in [3.05, 3.63) is 68.9 Å². The number of aliphatic imine (C=N–C) groups is 1. The van der Waals surface area contributed by atoms with Crippen molar-refractivity contribution in [2.45, 2.75) is 36.9 Å². The summed E-state index contributed by atoms with van der Waals surface area (Å²) in [6.07, 6.45) is 2.82. The molecule has 7 nitrogen and oxygen atoms in total. The highest BCUT2D eigenvalue weighted by Gasteiger charge is 2.30. The Hall–Kier alpha value is -2.20. The normalized spacial score (nSPS) is 17.5. The second-order valence-electron chi connectivity index (χ2n) is 8.64. The largest absolute Gasteiger partial charge is 0.481 e. The van der Waals surface area contributed by atoms with Gasteiger partial charge in [-0.15, -0.1) is 10.2 Å². The number of aromatic nitrogens is 3. The molecule has 35 heavy (non-hydrogen) atoms. The molecule has 2 aromatic carbocycles. The summed E-state index contributed by atoms with van der Waals surface area (Å²) in [6.45, 7) is 3.31. The van der Waals surface area contributed by atoms with E-state index in [0.29, 0.717) is 17.3 Å². The second kappa shape index (κ2) is 10.8. The number of nitrogens with zero attached hydrogens (tertiary/aromatic N) is 5. The van der Waals surface area contributed by atoms with Crippen LogP contribution in [0.4, 0.5) is 0 Å². The van der Waals surface area contributed by atoms with Gasteiger partial charge < -0.3 is 10.0 Å². The number of fused-ring (bicyclic) bond motifs is 3. The number of hydrogen-bond acceptors (Lipinski definition) is 6. The van der Waals surface area contributed by atoms with Crippen LogP contribution >= 0.6 is 39.3 Å². The molecule has 0 saturated carbocycles. The van der Waals surface area contributed by atoms with Crippen LogP contribution in [0, 0.1) is 0 Å². The van der Waals surface area contributed by atoms with Crippen LogP contribution in [0.1, 0.15) is 48.7 Å². The van der Waals surface area contributed by atoms with Crippen LogP contribution < -0.4 is 0 Å². The number of benzene rings is 2. The van der Waals surface area contributed by atoms with E-state index in [1.807, 2.05) is 42.5 Å². The zero-order valence-electron chi connectivity index (χ0n) is 19.0. The van der Waals surface area contributed by atoms with Gasteiger partial charge in [0.05, 0.1) is 11.4 Å². The number of likely N-dealkylation sites (tertiary alicyclic amines) is 1. The number of halogens is 2. The minimum Gasteiger partial charge on any atom is -0.481 e. The number of hydrogen-bond donors (Lipinski definition) is 1. The lowest BCUT2D eigenvalue weighted by molar-refractivity contribution is -0.137. The molecular formula is C25H25BrClN5O2S. The highest BCUT2D eigenvalue weighted by Crippen LogP contribution is 2.37. The molecule has 1 atom stereocenters. The molecule has 1 N–H and O–H groups in total. The maximum Gasteiger partial charge on any atom is 0.303 e. The van der Waals surface area contributed by atoms with Crippen LogP contribution in [-0.2, 0) is 4.79 Å². The Bertz CT molecular complexity index is 1270. The first-order valence-electron chi connectivity index (χ1n) is 11.7. The molecule has 182 valence electrons. The Morgan fingerprint density at radius 2 is 1.94 bits per heavy atom. The van der Waals surface area contributed by atoms with E-state index in [0.717, 1.165) is 57.5 Å². The molecule has 0 radical (unpaired) electrons. The molecule has 0 aliphatic carbocycles. The van der Waals surface area contributed by atoms with Crippen LogP contribution in [0.25, 0.3) is 5.69 Å². The Morgan fingerprint density at radius 3 is 2.71 bits per heavy atom. The third kappa shape index (κ3) is 5.33. The number of thioether (sulfide) groups is 1. The van der Waals surface area contributed by atoms with Crippen molar-refractivity contribution in [3.8, 4) is 5.69 Å². The molecule has 10 heteroatoms. The molecule has 0 bridgehead atoms. The molecule has 0 unspecified atom stereocenters. The van der Waals surface area contributed by atoms with Crippen molar-refractivity contribution in [2.24, 2.45) is 4.99 Å². The molecule has 0 amide bonds. The third-order valence-corrected chi connectivity index (χ3v) is 8.03. The van der Waals surface area contributed by atoms with E-state index in [-0.39, 0.29) is 6.42 Å². The van der Waals surface area contributed by atoms with Gasteiger partial charge in [-0.3, -0.25) is 14.4 Å². The third-order valence-electron chi connectivity index (χ3n) is 6.29. The Labute approximate surface area is 221 Å². The van der Waals surface area contributed by atoms with E-state index >= 15 is 0 Å². The average molecular weight is 575 g/mol. The quantitative estimate of drug-likeness (QED) is 0.351. The second-order valence-corrected chi connectivity index (χ2v) is 11.0. The molecule has 2 aliphatic rings. The average Bonchev–Trinajstić information content (AvgIpc) is 3.48. The zero-order chi connectivity index (χ0) is 24.4. The van der Waals surface area contributed by atoms with Gasteiger partial charge in [-0.2, -0.15) is 0 Å². The van der Waals surface area contributed by atoms with Crippen LogP contribution in [0.3, 0.4) is 0 Å². The standard InChI is InChI=1S/C25H25BrClN5O2S/c26-16-7-9-21-18(15-16)23(17-5-1-2-6-19(17)27)28-20(8-10-22(33)34)24-29-30-25(32(21)24)35-14-13-31-11-3-4-12-31/h1-2,5-7,9,15,20H,3-4,8,10-14H2,(H,33,34)/t20-/m0/s1. The fourth-order valence-electron chi connectivity index (χ4n) is 4.59. The van der Waals surface area contributed by atoms with Gasteiger partial charge in [0, 0.05) is 39.3 Å². The van der Waals surface area contributed by atoms with Crippen LogP contribution in [0.15, 0.2) is 57.1 Å². The molecule has 0 spiro atoms. The van der Waals surface area contributed by atoms with Gasteiger partial charge in [0.15, 0.2) is 11.0 Å². The molecule has 5 rings (SSSR count). The smallest absolute Gasteiger partial charge is 0.303 e.